The molecule has 0 fully saturated rings. The van der Waals surface area contributed by atoms with Crippen LogP contribution in [0.3, 0.4) is 0 Å². The van der Waals surface area contributed by atoms with Crippen molar-refractivity contribution in [1.29, 1.82) is 0 Å². The topological polar surface area (TPSA) is 31.2 Å². The maximum atomic E-state index is 12.3. The van der Waals surface area contributed by atoms with Crippen LogP contribution in [-0.2, 0) is 23.2 Å². The van der Waals surface area contributed by atoms with E-state index in [9.17, 15) is 4.79 Å². The molecule has 0 spiro atoms. The molecule has 1 atom stereocenters. The van der Waals surface area contributed by atoms with Gasteiger partial charge >= 0.3 is 130 Å². The third-order valence-corrected chi connectivity index (χ3v) is 4.87. The summed E-state index contributed by atoms with van der Waals surface area (Å²) >= 11 is 3.89. The van der Waals surface area contributed by atoms with Gasteiger partial charge in [0.25, 0.3) is 0 Å². The van der Waals surface area contributed by atoms with Gasteiger partial charge < -0.3 is 0 Å². The molecule has 0 bridgehead atoms. The second-order valence-corrected chi connectivity index (χ2v) is 8.91. The monoisotopic (exact) mass is 527 g/mol. The molecule has 2 aromatic rings. The Morgan fingerprint density at radius 2 is 2.22 bits per heavy atom. The molecule has 94 valence electrons. The third-order valence-electron chi connectivity index (χ3n) is 3.20. The molecule has 18 heavy (non-hydrogen) atoms. The molecule has 1 aliphatic rings. The summed E-state index contributed by atoms with van der Waals surface area (Å²) in [4.78, 5) is 12.3. The van der Waals surface area contributed by atoms with E-state index in [1.807, 2.05) is 25.3 Å². The zero-order valence-electron chi connectivity index (χ0n) is 9.96. The Morgan fingerprint density at radius 3 is 2.94 bits per heavy atom. The van der Waals surface area contributed by atoms with Crippen LogP contribution in [0.5, 0.6) is 5.75 Å². The SMILES string of the molecule is Cc1cn2c3c(cc(I)cc3c1=O)OC[C]2(C)[Re]. The predicted molar refractivity (Wildman–Crippen MR) is 74.8 cm³/mol. The molecule has 1 aliphatic heterocycles. The quantitative estimate of drug-likeness (QED) is 0.495. The van der Waals surface area contributed by atoms with Crippen LogP contribution in [0.25, 0.3) is 10.9 Å². The Morgan fingerprint density at radius 1 is 1.50 bits per heavy atom. The van der Waals surface area contributed by atoms with Crippen molar-refractivity contribution < 1.29 is 23.9 Å². The van der Waals surface area contributed by atoms with Crippen molar-refractivity contribution in [3.8, 4) is 5.75 Å². The first-order chi connectivity index (χ1) is 8.40. The summed E-state index contributed by atoms with van der Waals surface area (Å²) in [5.41, 5.74) is 1.83. The van der Waals surface area contributed by atoms with Gasteiger partial charge in [-0.3, -0.25) is 0 Å². The number of aromatic nitrogens is 1. The van der Waals surface area contributed by atoms with Gasteiger partial charge in [0.05, 0.1) is 0 Å². The van der Waals surface area contributed by atoms with Crippen molar-refractivity contribution in [3.05, 3.63) is 37.7 Å². The van der Waals surface area contributed by atoms with Gasteiger partial charge in [-0.05, 0) is 0 Å². The number of nitrogens with zero attached hydrogens (tertiary/aromatic N) is 1. The number of pyridine rings is 1. The number of rotatable bonds is 0. The number of hydrogen-bond donors (Lipinski definition) is 0. The van der Waals surface area contributed by atoms with Crippen LogP contribution >= 0.6 is 22.6 Å². The molecule has 0 N–H and O–H groups in total. The number of aryl methyl sites for hydroxylation is 1. The van der Waals surface area contributed by atoms with Crippen LogP contribution in [0.2, 0.25) is 0 Å². The Bertz CT molecular complexity index is 721. The fraction of sp³-hybridized carbons (Fsp3) is 0.308. The maximum absolute atomic E-state index is 12.3. The van der Waals surface area contributed by atoms with Gasteiger partial charge in [0.1, 0.15) is 0 Å². The summed E-state index contributed by atoms with van der Waals surface area (Å²) in [7, 11) is 0. The van der Waals surface area contributed by atoms with Crippen molar-refractivity contribution >= 4 is 33.5 Å². The van der Waals surface area contributed by atoms with Crippen LogP contribution in [0.15, 0.2) is 23.1 Å². The van der Waals surface area contributed by atoms with E-state index in [0.717, 1.165) is 25.8 Å². The van der Waals surface area contributed by atoms with Gasteiger partial charge in [-0.1, -0.05) is 0 Å². The third kappa shape index (κ3) is 1.76. The van der Waals surface area contributed by atoms with Crippen molar-refractivity contribution in [2.45, 2.75) is 17.9 Å². The van der Waals surface area contributed by atoms with Crippen LogP contribution in [-0.4, -0.2) is 11.2 Å². The molecule has 0 aliphatic carbocycles. The minimum atomic E-state index is -0.0729. The molecule has 1 aromatic carbocycles. The summed E-state index contributed by atoms with van der Waals surface area (Å²) in [6.45, 7) is 4.67. The van der Waals surface area contributed by atoms with Crippen molar-refractivity contribution in [3.63, 3.8) is 0 Å². The van der Waals surface area contributed by atoms with E-state index < -0.39 is 0 Å². The molecule has 2 heterocycles. The average Bonchev–Trinajstić information content (AvgIpc) is 2.29. The number of benzene rings is 1. The Labute approximate surface area is 129 Å². The van der Waals surface area contributed by atoms with Crippen LogP contribution in [0.1, 0.15) is 12.5 Å². The molecule has 0 saturated carbocycles. The van der Waals surface area contributed by atoms with E-state index in [0.29, 0.717) is 6.61 Å². The second-order valence-electron chi connectivity index (χ2n) is 4.74. The predicted octanol–water partition coefficient (Wildman–Crippen LogP) is 2.53. The van der Waals surface area contributed by atoms with Gasteiger partial charge in [-0.15, -0.1) is 0 Å². The molecule has 1 aromatic heterocycles. The van der Waals surface area contributed by atoms with Gasteiger partial charge in [-0.25, -0.2) is 0 Å². The van der Waals surface area contributed by atoms with Gasteiger partial charge in [0.2, 0.25) is 0 Å². The first-order valence-corrected chi connectivity index (χ1v) is 8.01. The zero-order valence-corrected chi connectivity index (χ0v) is 14.8. The Balaban J connectivity index is 2.58. The molecule has 1 unspecified atom stereocenters. The van der Waals surface area contributed by atoms with E-state index in [4.69, 9.17) is 4.74 Å². The van der Waals surface area contributed by atoms with E-state index >= 15 is 0 Å². The fourth-order valence-corrected chi connectivity index (χ4v) is 3.55. The fourth-order valence-electron chi connectivity index (χ4n) is 2.28. The Hall–Kier alpha value is -0.378. The normalized spacial score (nSPS) is 22.0. The molecular formula is C13H11INO2Re. The van der Waals surface area contributed by atoms with E-state index in [-0.39, 0.29) is 9.44 Å². The number of ether oxygens (including phenoxy) is 1. The molecule has 0 saturated heterocycles. The molecule has 0 radical (unpaired) electrons. The second kappa shape index (κ2) is 4.06. The summed E-state index contributed by atoms with van der Waals surface area (Å²) < 4.78 is 9.00. The summed E-state index contributed by atoms with van der Waals surface area (Å²) in [5.74, 6) is 0.822. The van der Waals surface area contributed by atoms with Crippen molar-refractivity contribution in [2.24, 2.45) is 0 Å². The van der Waals surface area contributed by atoms with E-state index in [1.54, 1.807) is 19.2 Å². The standard InChI is InChI=1S/C13H11INO2.Re/c1-7-5-15-8(2)6-17-11-4-9(14)3-10(12(11)15)13(7)16;/h3-5H,6H2,1-2H3;. The van der Waals surface area contributed by atoms with Crippen LogP contribution in [0, 0.1) is 10.5 Å². The average molecular weight is 526 g/mol. The van der Waals surface area contributed by atoms with Gasteiger partial charge in [0.15, 0.2) is 0 Å². The number of hydrogen-bond acceptors (Lipinski definition) is 2. The summed E-state index contributed by atoms with van der Waals surface area (Å²) in [6, 6.07) is 3.94. The zero-order chi connectivity index (χ0) is 13.1. The minimum absolute atomic E-state index is 0.0729. The molecule has 3 rings (SSSR count). The summed E-state index contributed by atoms with van der Waals surface area (Å²) in [5, 5.41) is 0.763. The van der Waals surface area contributed by atoms with Crippen molar-refractivity contribution in [1.82, 2.24) is 4.57 Å². The van der Waals surface area contributed by atoms with Gasteiger partial charge in [-0.2, -0.15) is 0 Å². The van der Waals surface area contributed by atoms with Crippen molar-refractivity contribution in [2.75, 3.05) is 6.61 Å². The van der Waals surface area contributed by atoms with E-state index in [2.05, 4.69) is 34.1 Å². The first kappa shape index (κ1) is 12.6. The first-order valence-electron chi connectivity index (χ1n) is 5.58. The molecular weight excluding hydrogens is 515 g/mol. The Kier molecular flexibility index (Phi) is 2.85. The number of halogens is 1. The van der Waals surface area contributed by atoms with E-state index in [1.165, 1.54) is 0 Å². The van der Waals surface area contributed by atoms with Crippen LogP contribution in [0.4, 0.5) is 0 Å². The van der Waals surface area contributed by atoms with Crippen LogP contribution < -0.4 is 10.2 Å². The molecule has 5 heteroatoms. The molecule has 0 amide bonds. The van der Waals surface area contributed by atoms with Gasteiger partial charge in [0, 0.05) is 0 Å². The summed E-state index contributed by atoms with van der Waals surface area (Å²) in [6.07, 6.45) is 1.96. The molecule has 3 nitrogen and oxygen atoms in total.